The number of allylic oxidation sites excluding steroid dienone is 2. The summed E-state index contributed by atoms with van der Waals surface area (Å²) in [6.07, 6.45) is 4.98. The van der Waals surface area contributed by atoms with Gasteiger partial charge in [-0.1, -0.05) is 54.9 Å². The number of hydrogen-bond donors (Lipinski definition) is 3. The molecule has 0 aliphatic heterocycles. The number of halogens is 1. The molecule has 3 aromatic rings. The van der Waals surface area contributed by atoms with E-state index < -0.39 is 17.8 Å². The Kier molecular flexibility index (Phi) is 9.02. The number of nitrogens with zero attached hydrogens (tertiary/aromatic N) is 1. The van der Waals surface area contributed by atoms with E-state index in [1.807, 2.05) is 42.6 Å². The molecule has 1 aliphatic carbocycles. The monoisotopic (exact) mass is 555 g/mol. The number of aliphatic carboxylic acids is 1. The number of carbonyl (C=O) groups is 3. The van der Waals surface area contributed by atoms with E-state index >= 15 is 0 Å². The van der Waals surface area contributed by atoms with Gasteiger partial charge < -0.3 is 15.7 Å². The van der Waals surface area contributed by atoms with Gasteiger partial charge in [-0.2, -0.15) is 0 Å². The van der Waals surface area contributed by atoms with Crippen molar-refractivity contribution in [1.29, 1.82) is 0 Å². The molecule has 7 nitrogen and oxygen atoms in total. The van der Waals surface area contributed by atoms with Crippen LogP contribution in [-0.4, -0.2) is 33.1 Å². The molecular formula is C27H26ClN3O4S2. The van der Waals surface area contributed by atoms with E-state index in [9.17, 15) is 19.5 Å². The number of anilines is 2. The van der Waals surface area contributed by atoms with E-state index in [0.717, 1.165) is 10.5 Å². The van der Waals surface area contributed by atoms with Crippen LogP contribution in [0.4, 0.5) is 10.8 Å². The number of carbonyl (C=O) groups excluding carboxylic acids is 2. The largest absolute Gasteiger partial charge is 0.481 e. The molecule has 37 heavy (non-hydrogen) atoms. The molecule has 0 saturated carbocycles. The van der Waals surface area contributed by atoms with Crippen molar-refractivity contribution in [3.63, 3.8) is 0 Å². The molecular weight excluding hydrogens is 530 g/mol. The van der Waals surface area contributed by atoms with E-state index in [-0.39, 0.29) is 17.1 Å². The molecule has 0 radical (unpaired) electrons. The van der Waals surface area contributed by atoms with Gasteiger partial charge in [0.2, 0.25) is 11.8 Å². The lowest BCUT2D eigenvalue weighted by atomic mass is 9.82. The predicted molar refractivity (Wildman–Crippen MR) is 149 cm³/mol. The Morgan fingerprint density at radius 1 is 1.11 bits per heavy atom. The van der Waals surface area contributed by atoms with E-state index in [2.05, 4.69) is 15.6 Å². The molecule has 1 heterocycles. The summed E-state index contributed by atoms with van der Waals surface area (Å²) >= 11 is 8.99. The third kappa shape index (κ3) is 6.80. The number of hydrogen-bond acceptors (Lipinski definition) is 6. The third-order valence-electron chi connectivity index (χ3n) is 6.01. The number of thioether (sulfide) groups is 1. The summed E-state index contributed by atoms with van der Waals surface area (Å²) in [6, 6.07) is 14.6. The van der Waals surface area contributed by atoms with Crippen LogP contribution < -0.4 is 10.6 Å². The molecule has 3 atom stereocenters. The number of benzene rings is 2. The van der Waals surface area contributed by atoms with Gasteiger partial charge in [-0.15, -0.1) is 23.1 Å². The SMILES string of the molecule is CCC(Sc1cccc(NC(=O)C2CC=CCC2C(=O)O)c1)C(=O)Nc1nc(-c2ccccc2Cl)cs1. The Labute approximate surface area is 228 Å². The van der Waals surface area contributed by atoms with Crippen LogP contribution in [-0.2, 0) is 14.4 Å². The average molecular weight is 556 g/mol. The zero-order chi connectivity index (χ0) is 26.4. The van der Waals surface area contributed by atoms with Crippen molar-refractivity contribution >= 4 is 63.3 Å². The van der Waals surface area contributed by atoms with Gasteiger partial charge in [-0.05, 0) is 43.5 Å². The standard InChI is InChI=1S/C27H26ClN3O4S2/c1-2-23(25(33)31-27-30-22(15-36-27)20-12-5-6-13-21(20)28)37-17-9-7-8-16(14-17)29-24(32)18-10-3-4-11-19(18)26(34)35/h3-9,12-15,18-19,23H,2,10-11H2,1H3,(H,29,32)(H,34,35)(H,30,31,33). The summed E-state index contributed by atoms with van der Waals surface area (Å²) in [5.41, 5.74) is 2.07. The van der Waals surface area contributed by atoms with E-state index in [0.29, 0.717) is 40.8 Å². The van der Waals surface area contributed by atoms with Crippen molar-refractivity contribution in [3.05, 3.63) is 71.1 Å². The average Bonchev–Trinajstić information content (AvgIpc) is 3.35. The first-order valence-electron chi connectivity index (χ1n) is 11.8. The van der Waals surface area contributed by atoms with Crippen LogP contribution in [0.15, 0.2) is 71.0 Å². The minimum atomic E-state index is -0.968. The van der Waals surface area contributed by atoms with Gasteiger partial charge in [0.05, 0.1) is 22.8 Å². The van der Waals surface area contributed by atoms with Crippen LogP contribution in [0.2, 0.25) is 5.02 Å². The third-order valence-corrected chi connectivity index (χ3v) is 8.46. The highest BCUT2D eigenvalue weighted by molar-refractivity contribution is 8.00. The van der Waals surface area contributed by atoms with E-state index in [1.165, 1.54) is 23.1 Å². The summed E-state index contributed by atoms with van der Waals surface area (Å²) in [4.78, 5) is 42.7. The zero-order valence-electron chi connectivity index (χ0n) is 20.0. The van der Waals surface area contributed by atoms with Gasteiger partial charge >= 0.3 is 5.97 Å². The molecule has 2 aromatic carbocycles. The van der Waals surface area contributed by atoms with Crippen molar-refractivity contribution in [2.24, 2.45) is 11.8 Å². The molecule has 1 aromatic heterocycles. The van der Waals surface area contributed by atoms with Crippen molar-refractivity contribution in [2.75, 3.05) is 10.6 Å². The van der Waals surface area contributed by atoms with E-state index in [1.54, 1.807) is 30.3 Å². The van der Waals surface area contributed by atoms with E-state index in [4.69, 9.17) is 11.6 Å². The maximum atomic E-state index is 13.0. The number of aromatic nitrogens is 1. The Hall–Kier alpha value is -3.14. The Morgan fingerprint density at radius 2 is 1.86 bits per heavy atom. The molecule has 1 aliphatic rings. The molecule has 0 saturated heterocycles. The molecule has 0 spiro atoms. The Morgan fingerprint density at radius 3 is 2.59 bits per heavy atom. The Bertz CT molecular complexity index is 1330. The molecule has 0 fully saturated rings. The first-order valence-corrected chi connectivity index (χ1v) is 14.0. The molecule has 4 rings (SSSR count). The Balaban J connectivity index is 1.39. The zero-order valence-corrected chi connectivity index (χ0v) is 22.4. The lowest BCUT2D eigenvalue weighted by molar-refractivity contribution is -0.146. The molecule has 10 heteroatoms. The first-order chi connectivity index (χ1) is 17.9. The number of carboxylic acids is 1. The quantitative estimate of drug-likeness (QED) is 0.203. The summed E-state index contributed by atoms with van der Waals surface area (Å²) in [7, 11) is 0. The van der Waals surface area contributed by atoms with Crippen LogP contribution in [0.5, 0.6) is 0 Å². The first kappa shape index (κ1) is 26.9. The van der Waals surface area contributed by atoms with Crippen molar-refractivity contribution in [1.82, 2.24) is 4.98 Å². The minimum Gasteiger partial charge on any atom is -0.481 e. The second-order valence-electron chi connectivity index (χ2n) is 8.53. The lowest BCUT2D eigenvalue weighted by Crippen LogP contribution is -2.34. The van der Waals surface area contributed by atoms with Gasteiger partial charge in [0.25, 0.3) is 0 Å². The minimum absolute atomic E-state index is 0.166. The molecule has 3 N–H and O–H groups in total. The van der Waals surface area contributed by atoms with Gasteiger partial charge in [-0.25, -0.2) is 4.98 Å². The number of amides is 2. The summed E-state index contributed by atoms with van der Waals surface area (Å²) in [5, 5.41) is 17.8. The second-order valence-corrected chi connectivity index (χ2v) is 11.1. The highest BCUT2D eigenvalue weighted by Gasteiger charge is 2.34. The van der Waals surface area contributed by atoms with Crippen molar-refractivity contribution in [2.45, 2.75) is 36.3 Å². The lowest BCUT2D eigenvalue weighted by Gasteiger charge is -2.24. The van der Waals surface area contributed by atoms with Crippen molar-refractivity contribution < 1.29 is 19.5 Å². The molecule has 3 unspecified atom stereocenters. The fourth-order valence-electron chi connectivity index (χ4n) is 4.06. The smallest absolute Gasteiger partial charge is 0.307 e. The summed E-state index contributed by atoms with van der Waals surface area (Å²) < 4.78 is 0. The van der Waals surface area contributed by atoms with Crippen LogP contribution in [0.1, 0.15) is 26.2 Å². The molecule has 192 valence electrons. The number of carboxylic acid groups (broad SMARTS) is 1. The summed E-state index contributed by atoms with van der Waals surface area (Å²) in [5.74, 6) is -2.81. The van der Waals surface area contributed by atoms with Gasteiger partial charge in [0, 0.05) is 26.5 Å². The number of nitrogens with one attached hydrogen (secondary N) is 2. The summed E-state index contributed by atoms with van der Waals surface area (Å²) in [6.45, 7) is 1.93. The van der Waals surface area contributed by atoms with Crippen LogP contribution in [0.3, 0.4) is 0 Å². The maximum Gasteiger partial charge on any atom is 0.307 e. The van der Waals surface area contributed by atoms with Crippen molar-refractivity contribution in [3.8, 4) is 11.3 Å². The maximum absolute atomic E-state index is 13.0. The second kappa shape index (κ2) is 12.4. The van der Waals surface area contributed by atoms with Crippen LogP contribution >= 0.6 is 34.7 Å². The van der Waals surface area contributed by atoms with Crippen LogP contribution in [0.25, 0.3) is 11.3 Å². The fraction of sp³-hybridized carbons (Fsp3) is 0.259. The molecule has 0 bridgehead atoms. The van der Waals surface area contributed by atoms with Gasteiger partial charge in [0.1, 0.15) is 0 Å². The van der Waals surface area contributed by atoms with Crippen LogP contribution in [0, 0.1) is 11.8 Å². The molecule has 2 amide bonds. The highest BCUT2D eigenvalue weighted by Crippen LogP contribution is 2.33. The van der Waals surface area contributed by atoms with Gasteiger partial charge in [0.15, 0.2) is 5.13 Å². The number of rotatable bonds is 9. The predicted octanol–water partition coefficient (Wildman–Crippen LogP) is 6.58. The number of thiazole rings is 1. The highest BCUT2D eigenvalue weighted by atomic mass is 35.5. The topological polar surface area (TPSA) is 108 Å². The van der Waals surface area contributed by atoms with Gasteiger partial charge in [-0.3, -0.25) is 14.4 Å². The normalized spacial score (nSPS) is 17.7. The fourth-order valence-corrected chi connectivity index (χ4v) is 6.01.